The summed E-state index contributed by atoms with van der Waals surface area (Å²) in [6.07, 6.45) is 1.76. The summed E-state index contributed by atoms with van der Waals surface area (Å²) in [5.41, 5.74) is 0. The van der Waals surface area contributed by atoms with E-state index in [9.17, 15) is 5.11 Å². The Hall–Kier alpha value is -0.560. The zero-order chi connectivity index (χ0) is 10.6. The maximum atomic E-state index is 9.41. The van der Waals surface area contributed by atoms with Gasteiger partial charge in [0.1, 0.15) is 0 Å². The molecule has 0 rings (SSSR count). The quantitative estimate of drug-likeness (QED) is 0.448. The average molecular weight is 199 g/mol. The number of unbranched alkanes of at least 4 members (excludes halogenated alkanes) is 1. The van der Waals surface area contributed by atoms with Crippen molar-refractivity contribution in [3.05, 3.63) is 0 Å². The number of nitrogens with one attached hydrogen (secondary N) is 1. The Labute approximate surface area is 86.8 Å². The molecule has 0 aromatic carbocycles. The summed E-state index contributed by atoms with van der Waals surface area (Å²) >= 11 is 0. The molecule has 0 aliphatic rings. The average Bonchev–Trinajstić information content (AvgIpc) is 2.19. The molecule has 0 aliphatic carbocycles. The Kier molecular flexibility index (Phi) is 10.1. The van der Waals surface area contributed by atoms with Gasteiger partial charge in [0.2, 0.25) is 0 Å². The largest absolute Gasteiger partial charge is 0.389 e. The second kappa shape index (κ2) is 10.5. The number of hydrogen-bond acceptors (Lipinski definition) is 3. The third kappa shape index (κ3) is 9.53. The fraction of sp³-hybridized carbons (Fsp3) is 0.818. The monoisotopic (exact) mass is 199 g/mol. The second-order valence-electron chi connectivity index (χ2n) is 3.14. The molecule has 0 spiro atoms. The van der Waals surface area contributed by atoms with E-state index in [2.05, 4.69) is 24.1 Å². The first-order chi connectivity index (χ1) is 6.81. The SMILES string of the molecule is CC#CCNCC(O)COCCCC. The molecule has 0 aliphatic heterocycles. The van der Waals surface area contributed by atoms with E-state index in [-0.39, 0.29) is 0 Å². The Balaban J connectivity index is 3.17. The topological polar surface area (TPSA) is 41.5 Å². The van der Waals surface area contributed by atoms with Gasteiger partial charge < -0.3 is 15.2 Å². The molecule has 0 fully saturated rings. The fourth-order valence-electron chi connectivity index (χ4n) is 0.914. The molecule has 0 aromatic rings. The van der Waals surface area contributed by atoms with Crippen LogP contribution in [0.25, 0.3) is 0 Å². The Bertz CT molecular complexity index is 172. The first-order valence-corrected chi connectivity index (χ1v) is 5.17. The highest BCUT2D eigenvalue weighted by Crippen LogP contribution is 1.89. The smallest absolute Gasteiger partial charge is 0.0897 e. The third-order valence-corrected chi connectivity index (χ3v) is 1.72. The zero-order valence-corrected chi connectivity index (χ0v) is 9.18. The van der Waals surface area contributed by atoms with Crippen molar-refractivity contribution in [2.75, 3.05) is 26.3 Å². The van der Waals surface area contributed by atoms with Crippen molar-refractivity contribution in [1.82, 2.24) is 5.32 Å². The summed E-state index contributed by atoms with van der Waals surface area (Å²) in [7, 11) is 0. The minimum Gasteiger partial charge on any atom is -0.389 e. The van der Waals surface area contributed by atoms with Crippen molar-refractivity contribution in [2.45, 2.75) is 32.8 Å². The minimum absolute atomic E-state index is 0.409. The van der Waals surface area contributed by atoms with Crippen LogP contribution in [0.15, 0.2) is 0 Å². The van der Waals surface area contributed by atoms with Crippen molar-refractivity contribution in [2.24, 2.45) is 0 Å². The Morgan fingerprint density at radius 1 is 1.50 bits per heavy atom. The van der Waals surface area contributed by atoms with Crippen LogP contribution in [0.3, 0.4) is 0 Å². The Morgan fingerprint density at radius 3 is 2.93 bits per heavy atom. The molecule has 0 bridgehead atoms. The van der Waals surface area contributed by atoms with Crippen LogP contribution < -0.4 is 5.32 Å². The molecule has 82 valence electrons. The van der Waals surface area contributed by atoms with Gasteiger partial charge in [-0.1, -0.05) is 19.3 Å². The summed E-state index contributed by atoms with van der Waals surface area (Å²) in [5.74, 6) is 5.64. The van der Waals surface area contributed by atoms with Gasteiger partial charge in [-0.15, -0.1) is 5.92 Å². The van der Waals surface area contributed by atoms with Gasteiger partial charge in [0.25, 0.3) is 0 Å². The molecule has 3 nitrogen and oxygen atoms in total. The summed E-state index contributed by atoms with van der Waals surface area (Å²) in [4.78, 5) is 0. The van der Waals surface area contributed by atoms with Crippen molar-refractivity contribution in [3.63, 3.8) is 0 Å². The molecule has 0 saturated carbocycles. The summed E-state index contributed by atoms with van der Waals surface area (Å²) < 4.78 is 5.27. The van der Waals surface area contributed by atoms with Crippen LogP contribution in [0, 0.1) is 11.8 Å². The highest BCUT2D eigenvalue weighted by molar-refractivity contribution is 4.96. The minimum atomic E-state index is -0.425. The van der Waals surface area contributed by atoms with Gasteiger partial charge in [0.05, 0.1) is 19.3 Å². The van der Waals surface area contributed by atoms with E-state index >= 15 is 0 Å². The van der Waals surface area contributed by atoms with Crippen molar-refractivity contribution < 1.29 is 9.84 Å². The van der Waals surface area contributed by atoms with E-state index in [0.717, 1.165) is 19.4 Å². The maximum absolute atomic E-state index is 9.41. The van der Waals surface area contributed by atoms with Gasteiger partial charge in [0.15, 0.2) is 0 Å². The summed E-state index contributed by atoms with van der Waals surface area (Å²) in [6.45, 7) is 6.23. The predicted molar refractivity (Wildman–Crippen MR) is 58.1 cm³/mol. The van der Waals surface area contributed by atoms with E-state index in [1.165, 1.54) is 0 Å². The summed E-state index contributed by atoms with van der Waals surface area (Å²) in [5, 5.41) is 12.4. The number of hydrogen-bond donors (Lipinski definition) is 2. The van der Waals surface area contributed by atoms with Gasteiger partial charge >= 0.3 is 0 Å². The molecule has 3 heteroatoms. The zero-order valence-electron chi connectivity index (χ0n) is 9.18. The van der Waals surface area contributed by atoms with E-state index in [0.29, 0.717) is 19.7 Å². The molecule has 2 N–H and O–H groups in total. The van der Waals surface area contributed by atoms with Crippen molar-refractivity contribution in [1.29, 1.82) is 0 Å². The lowest BCUT2D eigenvalue weighted by atomic mass is 10.3. The van der Waals surface area contributed by atoms with Gasteiger partial charge in [-0.3, -0.25) is 0 Å². The van der Waals surface area contributed by atoms with Gasteiger partial charge in [-0.05, 0) is 13.3 Å². The summed E-state index contributed by atoms with van der Waals surface area (Å²) in [6, 6.07) is 0. The van der Waals surface area contributed by atoms with Crippen molar-refractivity contribution in [3.8, 4) is 11.8 Å². The lowest BCUT2D eigenvalue weighted by molar-refractivity contribution is 0.0364. The molecule has 0 amide bonds. The van der Waals surface area contributed by atoms with Crippen molar-refractivity contribution >= 4 is 0 Å². The highest BCUT2D eigenvalue weighted by Gasteiger charge is 2.01. The number of ether oxygens (including phenoxy) is 1. The molecule has 1 unspecified atom stereocenters. The molecule has 1 atom stereocenters. The standard InChI is InChI=1S/C11H21NO2/c1-3-5-7-12-9-11(13)10-14-8-6-4-2/h11-13H,4,6-10H2,1-2H3. The predicted octanol–water partition coefficient (Wildman–Crippen LogP) is 0.777. The molecule has 0 radical (unpaired) electrons. The first-order valence-electron chi connectivity index (χ1n) is 5.17. The van der Waals surface area contributed by atoms with Crippen LogP contribution in [-0.2, 0) is 4.74 Å². The molecular formula is C11H21NO2. The first kappa shape index (κ1) is 13.4. The molecular weight excluding hydrogens is 178 g/mol. The van der Waals surface area contributed by atoms with Crippen LogP contribution in [0.2, 0.25) is 0 Å². The van der Waals surface area contributed by atoms with E-state index in [1.54, 1.807) is 6.92 Å². The lowest BCUT2D eigenvalue weighted by Crippen LogP contribution is -2.30. The molecule has 14 heavy (non-hydrogen) atoms. The van der Waals surface area contributed by atoms with E-state index in [4.69, 9.17) is 4.74 Å². The number of aliphatic hydroxyl groups is 1. The maximum Gasteiger partial charge on any atom is 0.0897 e. The van der Waals surface area contributed by atoms with E-state index in [1.807, 2.05) is 0 Å². The Morgan fingerprint density at radius 2 is 2.29 bits per heavy atom. The van der Waals surface area contributed by atoms with Crippen LogP contribution >= 0.6 is 0 Å². The second-order valence-corrected chi connectivity index (χ2v) is 3.14. The molecule has 0 heterocycles. The molecule has 0 aromatic heterocycles. The van der Waals surface area contributed by atoms with Gasteiger partial charge in [0, 0.05) is 13.2 Å². The van der Waals surface area contributed by atoms with E-state index < -0.39 is 6.10 Å². The van der Waals surface area contributed by atoms with Crippen LogP contribution in [-0.4, -0.2) is 37.5 Å². The molecule has 0 saturated heterocycles. The fourth-order valence-corrected chi connectivity index (χ4v) is 0.914. The van der Waals surface area contributed by atoms with Crippen LogP contribution in [0.5, 0.6) is 0 Å². The number of rotatable bonds is 8. The van der Waals surface area contributed by atoms with Gasteiger partial charge in [-0.2, -0.15) is 0 Å². The van der Waals surface area contributed by atoms with Crippen LogP contribution in [0.4, 0.5) is 0 Å². The van der Waals surface area contributed by atoms with Crippen LogP contribution in [0.1, 0.15) is 26.7 Å². The third-order valence-electron chi connectivity index (χ3n) is 1.72. The highest BCUT2D eigenvalue weighted by atomic mass is 16.5. The lowest BCUT2D eigenvalue weighted by Gasteiger charge is -2.10. The normalized spacial score (nSPS) is 11.9. The van der Waals surface area contributed by atoms with Gasteiger partial charge in [-0.25, -0.2) is 0 Å². The number of aliphatic hydroxyl groups excluding tert-OH is 1.